The summed E-state index contributed by atoms with van der Waals surface area (Å²) in [6, 6.07) is 4.75. The minimum atomic E-state index is -3.74. The first-order chi connectivity index (χ1) is 14.9. The van der Waals surface area contributed by atoms with Gasteiger partial charge in [0.15, 0.2) is 5.69 Å². The summed E-state index contributed by atoms with van der Waals surface area (Å²) < 4.78 is 57.2. The van der Waals surface area contributed by atoms with Gasteiger partial charge >= 0.3 is 5.97 Å². The second kappa shape index (κ2) is 8.75. The summed E-state index contributed by atoms with van der Waals surface area (Å²) >= 11 is 0. The van der Waals surface area contributed by atoms with Gasteiger partial charge in [0, 0.05) is 20.0 Å². The summed E-state index contributed by atoms with van der Waals surface area (Å²) in [5, 5.41) is 26.3. The Labute approximate surface area is 182 Å². The summed E-state index contributed by atoms with van der Waals surface area (Å²) in [5.74, 6) is -5.08. The van der Waals surface area contributed by atoms with Crippen LogP contribution in [-0.2, 0) is 32.8 Å². The van der Waals surface area contributed by atoms with Crippen molar-refractivity contribution in [3.63, 3.8) is 0 Å². The first-order valence-electron chi connectivity index (χ1n) is 9.37. The van der Waals surface area contributed by atoms with Gasteiger partial charge in [-0.3, -0.25) is 8.98 Å². The molecule has 0 amide bonds. The Kier molecular flexibility index (Phi) is 6.42. The second-order valence-electron chi connectivity index (χ2n) is 7.56. The molecule has 0 bridgehead atoms. The number of piperidine rings is 1. The lowest BCUT2D eigenvalue weighted by Gasteiger charge is -2.38. The van der Waals surface area contributed by atoms with Crippen LogP contribution in [0.2, 0.25) is 0 Å². The SMILES string of the molecule is Cn1nnc(-c2ccc(N3C[C@@H](CC(=O)O)CC(F)(F)C3)c(C#N)n2)c1COS(C)(=O)=O. The average Bonchev–Trinajstić information content (AvgIpc) is 3.04. The van der Waals surface area contributed by atoms with Crippen LogP contribution in [-0.4, -0.2) is 64.7 Å². The molecule has 0 saturated carbocycles. The number of nitrogens with zero attached hydrogens (tertiary/aromatic N) is 6. The number of hydrogen-bond acceptors (Lipinski definition) is 9. The lowest BCUT2D eigenvalue weighted by molar-refractivity contribution is -0.139. The molecule has 2 aromatic heterocycles. The van der Waals surface area contributed by atoms with Gasteiger partial charge in [0.05, 0.1) is 36.3 Å². The molecule has 1 aliphatic heterocycles. The van der Waals surface area contributed by atoms with Gasteiger partial charge in [0.2, 0.25) is 0 Å². The molecular formula is C18H20F2N6O5S. The Morgan fingerprint density at radius 1 is 1.44 bits per heavy atom. The molecule has 0 radical (unpaired) electrons. The van der Waals surface area contributed by atoms with E-state index in [0.717, 1.165) is 6.26 Å². The maximum absolute atomic E-state index is 14.2. The molecule has 0 aromatic carbocycles. The fourth-order valence-electron chi connectivity index (χ4n) is 3.60. The van der Waals surface area contributed by atoms with Crippen LogP contribution in [0.4, 0.5) is 14.5 Å². The number of halogens is 2. The molecular weight excluding hydrogens is 450 g/mol. The number of aromatic nitrogens is 4. The van der Waals surface area contributed by atoms with Gasteiger partial charge in [0.1, 0.15) is 18.4 Å². The van der Waals surface area contributed by atoms with Crippen molar-refractivity contribution in [2.24, 2.45) is 13.0 Å². The van der Waals surface area contributed by atoms with Crippen molar-refractivity contribution in [3.8, 4) is 17.5 Å². The van der Waals surface area contributed by atoms with Gasteiger partial charge in [-0.05, 0) is 18.1 Å². The molecule has 2 aromatic rings. The number of hydrogen-bond donors (Lipinski definition) is 1. The fourth-order valence-corrected chi connectivity index (χ4v) is 3.92. The average molecular weight is 470 g/mol. The number of carboxylic acid groups (broad SMARTS) is 1. The maximum Gasteiger partial charge on any atom is 0.303 e. The molecule has 1 saturated heterocycles. The highest BCUT2D eigenvalue weighted by molar-refractivity contribution is 7.85. The summed E-state index contributed by atoms with van der Waals surface area (Å²) in [4.78, 5) is 16.5. The van der Waals surface area contributed by atoms with Crippen LogP contribution in [0.5, 0.6) is 0 Å². The van der Waals surface area contributed by atoms with Crippen LogP contribution in [0.15, 0.2) is 12.1 Å². The molecule has 1 N–H and O–H groups in total. The van der Waals surface area contributed by atoms with Gasteiger partial charge in [0.25, 0.3) is 16.0 Å². The Morgan fingerprint density at radius 3 is 2.78 bits per heavy atom. The number of nitriles is 1. The van der Waals surface area contributed by atoms with E-state index in [4.69, 9.17) is 9.29 Å². The Bertz CT molecular complexity index is 1180. The molecule has 11 nitrogen and oxygen atoms in total. The predicted octanol–water partition coefficient (Wildman–Crippen LogP) is 1.16. The molecule has 3 heterocycles. The smallest absolute Gasteiger partial charge is 0.303 e. The zero-order valence-corrected chi connectivity index (χ0v) is 18.0. The van der Waals surface area contributed by atoms with Crippen molar-refractivity contribution < 1.29 is 31.3 Å². The minimum absolute atomic E-state index is 0.0379. The lowest BCUT2D eigenvalue weighted by atomic mass is 9.92. The van der Waals surface area contributed by atoms with Crippen molar-refractivity contribution in [3.05, 3.63) is 23.5 Å². The summed E-state index contributed by atoms with van der Waals surface area (Å²) in [5.41, 5.74) is 0.618. The van der Waals surface area contributed by atoms with E-state index in [9.17, 15) is 27.3 Å². The van der Waals surface area contributed by atoms with Crippen molar-refractivity contribution in [2.75, 3.05) is 24.2 Å². The van der Waals surface area contributed by atoms with E-state index in [1.54, 1.807) is 0 Å². The third kappa shape index (κ3) is 5.54. The molecule has 0 unspecified atom stereocenters. The first-order valence-corrected chi connectivity index (χ1v) is 11.2. The Hall–Kier alpha value is -3.18. The third-order valence-electron chi connectivity index (χ3n) is 4.87. The number of anilines is 1. The zero-order chi connectivity index (χ0) is 23.7. The van der Waals surface area contributed by atoms with Crippen LogP contribution in [0, 0.1) is 17.2 Å². The second-order valence-corrected chi connectivity index (χ2v) is 9.20. The van der Waals surface area contributed by atoms with Crippen LogP contribution >= 0.6 is 0 Å². The van der Waals surface area contributed by atoms with Crippen LogP contribution in [0.3, 0.4) is 0 Å². The molecule has 32 heavy (non-hydrogen) atoms. The van der Waals surface area contributed by atoms with Crippen LogP contribution in [0.25, 0.3) is 11.4 Å². The van der Waals surface area contributed by atoms with E-state index in [2.05, 4.69) is 15.3 Å². The Morgan fingerprint density at radius 2 is 2.16 bits per heavy atom. The normalized spacial score (nSPS) is 18.3. The minimum Gasteiger partial charge on any atom is -0.481 e. The van der Waals surface area contributed by atoms with Crippen molar-refractivity contribution in [2.45, 2.75) is 25.4 Å². The number of alkyl halides is 2. The molecule has 172 valence electrons. The van der Waals surface area contributed by atoms with Gasteiger partial charge in [-0.15, -0.1) is 5.10 Å². The van der Waals surface area contributed by atoms with E-state index in [1.807, 2.05) is 6.07 Å². The molecule has 1 aliphatic rings. The standard InChI is InChI=1S/C18H20F2N6O5S/c1-25-15(9-31-32(2,29)30)17(23-24-25)12-3-4-14(13(7-21)22-12)26-8-11(5-16(27)28)6-18(19,20)10-26/h3-4,11H,5-6,8-10H2,1-2H3,(H,27,28)/t11-/m0/s1. The van der Waals surface area contributed by atoms with E-state index < -0.39 is 47.3 Å². The van der Waals surface area contributed by atoms with Crippen molar-refractivity contribution in [1.82, 2.24) is 20.0 Å². The third-order valence-corrected chi connectivity index (χ3v) is 5.41. The highest BCUT2D eigenvalue weighted by atomic mass is 32.2. The maximum atomic E-state index is 14.2. The number of carboxylic acids is 1. The Balaban J connectivity index is 1.94. The predicted molar refractivity (Wildman–Crippen MR) is 106 cm³/mol. The van der Waals surface area contributed by atoms with Crippen LogP contribution < -0.4 is 4.90 Å². The fraction of sp³-hybridized carbons (Fsp3) is 0.500. The highest BCUT2D eigenvalue weighted by Gasteiger charge is 2.41. The largest absolute Gasteiger partial charge is 0.481 e. The molecule has 3 rings (SSSR count). The van der Waals surface area contributed by atoms with Gasteiger partial charge < -0.3 is 10.0 Å². The number of aryl methyl sites for hydroxylation is 1. The topological polar surface area (TPSA) is 151 Å². The molecule has 1 fully saturated rings. The van der Waals surface area contributed by atoms with Gasteiger partial charge in [-0.2, -0.15) is 13.7 Å². The number of pyridine rings is 1. The van der Waals surface area contributed by atoms with Crippen molar-refractivity contribution >= 4 is 21.8 Å². The van der Waals surface area contributed by atoms with Crippen LogP contribution in [0.1, 0.15) is 24.2 Å². The highest BCUT2D eigenvalue weighted by Crippen LogP contribution is 2.36. The molecule has 1 atom stereocenters. The first kappa shape index (κ1) is 23.5. The zero-order valence-electron chi connectivity index (χ0n) is 17.2. The lowest BCUT2D eigenvalue weighted by Crippen LogP contribution is -2.48. The van der Waals surface area contributed by atoms with E-state index in [0.29, 0.717) is 0 Å². The molecule has 14 heteroatoms. The summed E-state index contributed by atoms with van der Waals surface area (Å²) in [7, 11) is -2.21. The number of carbonyl (C=O) groups is 1. The van der Waals surface area contributed by atoms with Gasteiger partial charge in [-0.1, -0.05) is 5.21 Å². The van der Waals surface area contributed by atoms with Gasteiger partial charge in [-0.25, -0.2) is 18.4 Å². The monoisotopic (exact) mass is 470 g/mol. The molecule has 0 aliphatic carbocycles. The van der Waals surface area contributed by atoms with E-state index in [1.165, 1.54) is 28.8 Å². The number of aliphatic carboxylic acids is 1. The van der Waals surface area contributed by atoms with Crippen molar-refractivity contribution in [1.29, 1.82) is 5.26 Å². The summed E-state index contributed by atoms with van der Waals surface area (Å²) in [6.45, 7) is -0.994. The summed E-state index contributed by atoms with van der Waals surface area (Å²) in [6.07, 6.45) is -0.0708. The van der Waals surface area contributed by atoms with E-state index in [-0.39, 0.29) is 41.6 Å². The van der Waals surface area contributed by atoms with E-state index >= 15 is 0 Å². The number of rotatable bonds is 7. The molecule has 0 spiro atoms. The quantitative estimate of drug-likeness (QED) is 0.584.